The van der Waals surface area contributed by atoms with Crippen LogP contribution in [0.4, 0.5) is 0 Å². The van der Waals surface area contributed by atoms with Gasteiger partial charge in [0.2, 0.25) is 11.8 Å². The molecule has 0 aliphatic carbocycles. The third-order valence-corrected chi connectivity index (χ3v) is 4.77. The predicted octanol–water partition coefficient (Wildman–Crippen LogP) is -5.11. The van der Waals surface area contributed by atoms with E-state index in [1.54, 1.807) is 0 Å². The number of ether oxygens (including phenoxy) is 3. The van der Waals surface area contributed by atoms with Crippen molar-refractivity contribution in [2.75, 3.05) is 13.2 Å². The maximum atomic E-state index is 11.4. The number of carbonyl (C=O) groups is 2. The lowest BCUT2D eigenvalue weighted by Crippen LogP contribution is -2.66. The molecule has 0 saturated carbocycles. The van der Waals surface area contributed by atoms with Crippen molar-refractivity contribution in [2.24, 2.45) is 0 Å². The molecule has 10 atom stereocenters. The van der Waals surface area contributed by atoms with Gasteiger partial charge in [-0.15, -0.1) is 0 Å². The number of hydrogen-bond donors (Lipinski definition) is 8. The second-order valence-corrected chi connectivity index (χ2v) is 7.04. The Morgan fingerprint density at radius 3 is 1.90 bits per heavy atom. The van der Waals surface area contributed by atoms with Crippen molar-refractivity contribution >= 4 is 11.8 Å². The first kappa shape index (κ1) is 23.9. The molecule has 2 rings (SSSR count). The average Bonchev–Trinajstić information content (AvgIpc) is 2.65. The van der Waals surface area contributed by atoms with Crippen molar-refractivity contribution in [1.82, 2.24) is 10.6 Å². The molecule has 29 heavy (non-hydrogen) atoms. The van der Waals surface area contributed by atoms with E-state index in [2.05, 4.69) is 10.6 Å². The number of hydrogen-bond acceptors (Lipinski definition) is 11. The predicted molar refractivity (Wildman–Crippen MR) is 91.8 cm³/mol. The van der Waals surface area contributed by atoms with Gasteiger partial charge in [-0.2, -0.15) is 0 Å². The summed E-state index contributed by atoms with van der Waals surface area (Å²) >= 11 is 0. The average molecular weight is 424 g/mol. The summed E-state index contributed by atoms with van der Waals surface area (Å²) in [6.07, 6.45) is -11.5. The molecule has 0 radical (unpaired) electrons. The lowest BCUT2D eigenvalue weighted by Gasteiger charge is -2.44. The summed E-state index contributed by atoms with van der Waals surface area (Å²) in [5, 5.41) is 64.4. The second kappa shape index (κ2) is 10.1. The van der Waals surface area contributed by atoms with Gasteiger partial charge in [-0.05, 0) is 0 Å². The summed E-state index contributed by atoms with van der Waals surface area (Å²) in [7, 11) is 0. The summed E-state index contributed by atoms with van der Waals surface area (Å²) in [6, 6.07) is -2.46. The molecule has 0 aromatic rings. The molecular weight excluding hydrogens is 396 g/mol. The third kappa shape index (κ3) is 5.59. The van der Waals surface area contributed by atoms with Gasteiger partial charge in [0.05, 0.1) is 13.2 Å². The van der Waals surface area contributed by atoms with Crippen LogP contribution in [0.15, 0.2) is 0 Å². The molecule has 8 N–H and O–H groups in total. The van der Waals surface area contributed by atoms with Gasteiger partial charge in [0, 0.05) is 13.8 Å². The number of amides is 2. The van der Waals surface area contributed by atoms with Crippen LogP contribution in [0.1, 0.15) is 13.8 Å². The van der Waals surface area contributed by atoms with E-state index in [-0.39, 0.29) is 0 Å². The van der Waals surface area contributed by atoms with E-state index < -0.39 is 86.3 Å². The van der Waals surface area contributed by atoms with Crippen LogP contribution in [0.5, 0.6) is 0 Å². The number of aliphatic hydroxyl groups is 6. The van der Waals surface area contributed by atoms with Gasteiger partial charge in [0.1, 0.15) is 48.7 Å². The van der Waals surface area contributed by atoms with Crippen molar-refractivity contribution < 1.29 is 54.4 Å². The minimum Gasteiger partial charge on any atom is -0.394 e. The Hall–Kier alpha value is -1.42. The molecule has 13 heteroatoms. The molecule has 2 saturated heterocycles. The maximum absolute atomic E-state index is 11.4. The largest absolute Gasteiger partial charge is 0.394 e. The number of aliphatic hydroxyl groups excluding tert-OH is 6. The monoisotopic (exact) mass is 424 g/mol. The van der Waals surface area contributed by atoms with E-state index in [0.717, 1.165) is 0 Å². The minimum atomic E-state index is -1.64. The highest BCUT2D eigenvalue weighted by molar-refractivity contribution is 5.73. The van der Waals surface area contributed by atoms with Crippen molar-refractivity contribution in [2.45, 2.75) is 75.1 Å². The molecule has 168 valence electrons. The van der Waals surface area contributed by atoms with Crippen LogP contribution < -0.4 is 10.6 Å². The summed E-state index contributed by atoms with van der Waals surface area (Å²) in [4.78, 5) is 22.6. The lowest BCUT2D eigenvalue weighted by molar-refractivity contribution is -0.297. The summed E-state index contributed by atoms with van der Waals surface area (Å²) < 4.78 is 16.0. The topological polar surface area (TPSA) is 207 Å². The van der Waals surface area contributed by atoms with Crippen molar-refractivity contribution in [3.63, 3.8) is 0 Å². The van der Waals surface area contributed by atoms with Crippen molar-refractivity contribution in [3.05, 3.63) is 0 Å². The Bertz CT molecular complexity index is 579. The molecule has 2 fully saturated rings. The molecule has 2 aliphatic rings. The maximum Gasteiger partial charge on any atom is 0.217 e. The fourth-order valence-corrected chi connectivity index (χ4v) is 3.28. The Balaban J connectivity index is 2.05. The molecule has 0 bridgehead atoms. The van der Waals surface area contributed by atoms with Crippen molar-refractivity contribution in [3.8, 4) is 0 Å². The van der Waals surface area contributed by atoms with E-state index in [1.165, 1.54) is 13.8 Å². The van der Waals surface area contributed by atoms with E-state index in [4.69, 9.17) is 14.2 Å². The third-order valence-electron chi connectivity index (χ3n) is 4.77. The highest BCUT2D eigenvalue weighted by Crippen LogP contribution is 2.25. The number of rotatable bonds is 6. The van der Waals surface area contributed by atoms with Gasteiger partial charge in [0.25, 0.3) is 0 Å². The van der Waals surface area contributed by atoms with Gasteiger partial charge >= 0.3 is 0 Å². The van der Waals surface area contributed by atoms with Gasteiger partial charge < -0.3 is 55.5 Å². The second-order valence-electron chi connectivity index (χ2n) is 7.04. The number of nitrogens with one attached hydrogen (secondary N) is 2. The molecule has 2 amide bonds. The van der Waals surface area contributed by atoms with Crippen LogP contribution in [0, 0.1) is 0 Å². The first-order valence-corrected chi connectivity index (χ1v) is 9.04. The van der Waals surface area contributed by atoms with Crippen LogP contribution in [-0.2, 0) is 23.8 Å². The van der Waals surface area contributed by atoms with Gasteiger partial charge in [-0.1, -0.05) is 0 Å². The number of carbonyl (C=O) groups excluding carboxylic acids is 2. The molecular formula is C16H28N2O11. The van der Waals surface area contributed by atoms with Crippen LogP contribution in [-0.4, -0.2) is 117 Å². The summed E-state index contributed by atoms with van der Waals surface area (Å²) in [5.41, 5.74) is 0. The van der Waals surface area contributed by atoms with Crippen LogP contribution in [0.25, 0.3) is 0 Å². The Labute approximate surface area is 166 Å². The van der Waals surface area contributed by atoms with Gasteiger partial charge in [-0.3, -0.25) is 9.59 Å². The SMILES string of the molecule is CC(=O)N[C@H]1[C@H](OC[C@H]2OC(O)[C@H](NC(C)=O)[C@@H](O)[C@H]2O)O[C@H](CO)[C@H](O)[C@@H]1O. The molecule has 1 unspecified atom stereocenters. The summed E-state index contributed by atoms with van der Waals surface area (Å²) in [6.45, 7) is 1.26. The zero-order chi connectivity index (χ0) is 21.9. The van der Waals surface area contributed by atoms with Crippen LogP contribution in [0.3, 0.4) is 0 Å². The van der Waals surface area contributed by atoms with Gasteiger partial charge in [0.15, 0.2) is 12.6 Å². The van der Waals surface area contributed by atoms with Crippen LogP contribution >= 0.6 is 0 Å². The zero-order valence-electron chi connectivity index (χ0n) is 15.9. The van der Waals surface area contributed by atoms with E-state index in [0.29, 0.717) is 0 Å². The first-order chi connectivity index (χ1) is 13.6. The zero-order valence-corrected chi connectivity index (χ0v) is 15.9. The first-order valence-electron chi connectivity index (χ1n) is 9.04. The van der Waals surface area contributed by atoms with Crippen LogP contribution in [0.2, 0.25) is 0 Å². The molecule has 0 aromatic carbocycles. The fourth-order valence-electron chi connectivity index (χ4n) is 3.28. The molecule has 2 heterocycles. The highest BCUT2D eigenvalue weighted by Gasteiger charge is 2.48. The lowest BCUT2D eigenvalue weighted by atomic mass is 9.96. The Morgan fingerprint density at radius 2 is 1.34 bits per heavy atom. The minimum absolute atomic E-state index is 0.455. The Kier molecular flexibility index (Phi) is 8.28. The van der Waals surface area contributed by atoms with Crippen molar-refractivity contribution in [1.29, 1.82) is 0 Å². The molecule has 0 spiro atoms. The fraction of sp³-hybridized carbons (Fsp3) is 0.875. The molecule has 2 aliphatic heterocycles. The Morgan fingerprint density at radius 1 is 0.828 bits per heavy atom. The molecule has 13 nitrogen and oxygen atoms in total. The quantitative estimate of drug-likeness (QED) is 0.202. The molecule has 0 aromatic heterocycles. The van der Waals surface area contributed by atoms with E-state index in [1.807, 2.05) is 0 Å². The van der Waals surface area contributed by atoms with Gasteiger partial charge in [-0.25, -0.2) is 0 Å². The standard InChI is InChI=1S/C16H28N2O11/c1-5(20)17-9-13(24)12(23)8(28-15(9)26)4-27-16-10(18-6(2)21)14(25)11(22)7(3-19)29-16/h7-16,19,22-26H,3-4H2,1-2H3,(H,17,20)(H,18,21)/t7-,8-,9-,10-,11+,12+,13-,14-,15?,16-/m1/s1. The normalized spacial score (nSPS) is 42.9. The smallest absolute Gasteiger partial charge is 0.217 e. The summed E-state index contributed by atoms with van der Waals surface area (Å²) in [5.74, 6) is -1.09. The van der Waals surface area contributed by atoms with E-state index >= 15 is 0 Å². The highest BCUT2D eigenvalue weighted by atomic mass is 16.7. The van der Waals surface area contributed by atoms with E-state index in [9.17, 15) is 40.2 Å².